The Morgan fingerprint density at radius 2 is 1.65 bits per heavy atom. The van der Waals surface area contributed by atoms with E-state index >= 15 is 0 Å². The minimum atomic E-state index is -1.24. The Labute approximate surface area is 106 Å². The number of hydrogen-bond donors (Lipinski definition) is 1. The van der Waals surface area contributed by atoms with Gasteiger partial charge in [-0.2, -0.15) is 0 Å². The lowest BCUT2D eigenvalue weighted by Gasteiger charge is -2.45. The Balaban J connectivity index is 3.27. The van der Waals surface area contributed by atoms with Gasteiger partial charge < -0.3 is 9.53 Å². The average Bonchev–Trinajstić information content (AvgIpc) is 2.25. The number of hydrogen-bond acceptors (Lipinski definition) is 2. The molecule has 0 saturated carbocycles. The molecule has 1 atom stereocenters. The molecule has 0 aliphatic carbocycles. The van der Waals surface area contributed by atoms with Crippen molar-refractivity contribution in [2.45, 2.75) is 39.5 Å². The number of aliphatic hydroxyl groups is 1. The summed E-state index contributed by atoms with van der Waals surface area (Å²) in [5.41, 5.74) is 0.339. The number of benzene rings is 1. The fourth-order valence-corrected chi connectivity index (χ4v) is 3.52. The maximum Gasteiger partial charge on any atom is 0.172 e. The molecule has 0 bridgehead atoms. The summed E-state index contributed by atoms with van der Waals surface area (Å²) in [4.78, 5) is 0. The van der Waals surface area contributed by atoms with Crippen LogP contribution in [0.2, 0.25) is 13.1 Å². The second-order valence-corrected chi connectivity index (χ2v) is 8.10. The third-order valence-corrected chi connectivity index (χ3v) is 3.98. The third kappa shape index (κ3) is 2.97. The van der Waals surface area contributed by atoms with E-state index in [0.717, 1.165) is 5.56 Å². The van der Waals surface area contributed by atoms with Crippen molar-refractivity contribution >= 4 is 9.04 Å². The Morgan fingerprint density at radius 1 is 1.12 bits per heavy atom. The molecular formula is C14H24O2Si. The number of rotatable bonds is 4. The Kier molecular flexibility index (Phi) is 4.53. The standard InChI is InChI=1S/C14H24O2Si/c1-13(2,3)14(11-15,16-17(4)5)12-9-7-6-8-10-12/h6-10,15,17H,11H2,1-5H3. The van der Waals surface area contributed by atoms with Crippen LogP contribution in [0.25, 0.3) is 0 Å². The van der Waals surface area contributed by atoms with E-state index in [4.69, 9.17) is 4.43 Å². The Morgan fingerprint density at radius 3 is 2.00 bits per heavy atom. The van der Waals surface area contributed by atoms with Crippen LogP contribution in [0.4, 0.5) is 0 Å². The first-order chi connectivity index (χ1) is 7.83. The van der Waals surface area contributed by atoms with E-state index in [2.05, 4.69) is 33.9 Å². The maximum absolute atomic E-state index is 9.91. The van der Waals surface area contributed by atoms with Gasteiger partial charge in [0.1, 0.15) is 5.60 Å². The summed E-state index contributed by atoms with van der Waals surface area (Å²) in [7, 11) is -1.24. The van der Waals surface area contributed by atoms with E-state index in [1.54, 1.807) is 0 Å². The lowest BCUT2D eigenvalue weighted by molar-refractivity contribution is -0.0815. The Bertz CT molecular complexity index is 343. The van der Waals surface area contributed by atoms with E-state index in [1.165, 1.54) is 0 Å². The molecule has 0 aromatic heterocycles. The minimum Gasteiger partial charge on any atom is -0.408 e. The molecule has 96 valence electrons. The van der Waals surface area contributed by atoms with Crippen molar-refractivity contribution in [3.05, 3.63) is 35.9 Å². The van der Waals surface area contributed by atoms with Crippen LogP contribution in [-0.2, 0) is 10.0 Å². The molecule has 17 heavy (non-hydrogen) atoms. The molecule has 3 heteroatoms. The molecule has 0 fully saturated rings. The quantitative estimate of drug-likeness (QED) is 0.835. The minimum absolute atomic E-state index is 0.0195. The maximum atomic E-state index is 9.91. The van der Waals surface area contributed by atoms with Crippen molar-refractivity contribution in [3.8, 4) is 0 Å². The van der Waals surface area contributed by atoms with Crippen molar-refractivity contribution in [1.82, 2.24) is 0 Å². The molecule has 0 amide bonds. The average molecular weight is 252 g/mol. The largest absolute Gasteiger partial charge is 0.408 e. The van der Waals surface area contributed by atoms with Gasteiger partial charge >= 0.3 is 0 Å². The molecule has 0 aliphatic heterocycles. The smallest absolute Gasteiger partial charge is 0.172 e. The summed E-state index contributed by atoms with van der Waals surface area (Å²) in [6.07, 6.45) is 0. The van der Waals surface area contributed by atoms with E-state index in [1.807, 2.05) is 30.3 Å². The van der Waals surface area contributed by atoms with E-state index < -0.39 is 14.6 Å². The molecule has 0 aliphatic rings. The fourth-order valence-electron chi connectivity index (χ4n) is 2.15. The van der Waals surface area contributed by atoms with Gasteiger partial charge in [0.25, 0.3) is 0 Å². The highest BCUT2D eigenvalue weighted by Crippen LogP contribution is 2.42. The van der Waals surface area contributed by atoms with E-state index in [0.29, 0.717) is 0 Å². The first kappa shape index (κ1) is 14.4. The van der Waals surface area contributed by atoms with Gasteiger partial charge in [0, 0.05) is 0 Å². The zero-order valence-electron chi connectivity index (χ0n) is 11.5. The highest BCUT2D eigenvalue weighted by atomic mass is 28.3. The topological polar surface area (TPSA) is 29.5 Å². The van der Waals surface area contributed by atoms with Gasteiger partial charge in [-0.3, -0.25) is 0 Å². The summed E-state index contributed by atoms with van der Waals surface area (Å²) in [6.45, 7) is 10.6. The Hall–Kier alpha value is -0.643. The molecule has 1 N–H and O–H groups in total. The summed E-state index contributed by atoms with van der Waals surface area (Å²) < 4.78 is 6.23. The molecule has 1 rings (SSSR count). The molecule has 0 heterocycles. The highest BCUT2D eigenvalue weighted by molar-refractivity contribution is 6.48. The predicted octanol–water partition coefficient (Wildman–Crippen LogP) is 2.92. The molecule has 1 aromatic rings. The first-order valence-electron chi connectivity index (χ1n) is 6.17. The van der Waals surface area contributed by atoms with E-state index in [-0.39, 0.29) is 12.0 Å². The van der Waals surface area contributed by atoms with Gasteiger partial charge in [-0.15, -0.1) is 0 Å². The molecular weight excluding hydrogens is 228 g/mol. The summed E-state index contributed by atoms with van der Waals surface area (Å²) in [6, 6.07) is 10.1. The van der Waals surface area contributed by atoms with Crippen LogP contribution in [0.5, 0.6) is 0 Å². The van der Waals surface area contributed by atoms with Gasteiger partial charge in [0.05, 0.1) is 6.61 Å². The summed E-state index contributed by atoms with van der Waals surface area (Å²) in [5, 5.41) is 9.91. The van der Waals surface area contributed by atoms with E-state index in [9.17, 15) is 5.11 Å². The van der Waals surface area contributed by atoms with Crippen LogP contribution >= 0.6 is 0 Å². The molecule has 0 saturated heterocycles. The van der Waals surface area contributed by atoms with Gasteiger partial charge in [-0.25, -0.2) is 0 Å². The molecule has 2 nitrogen and oxygen atoms in total. The van der Waals surface area contributed by atoms with Crippen molar-refractivity contribution < 1.29 is 9.53 Å². The summed E-state index contributed by atoms with van der Waals surface area (Å²) in [5.74, 6) is 0. The third-order valence-electron chi connectivity index (χ3n) is 3.11. The van der Waals surface area contributed by atoms with Crippen LogP contribution < -0.4 is 0 Å². The highest BCUT2D eigenvalue weighted by Gasteiger charge is 2.44. The van der Waals surface area contributed by atoms with Crippen LogP contribution in [-0.4, -0.2) is 20.8 Å². The van der Waals surface area contributed by atoms with Crippen molar-refractivity contribution in [2.24, 2.45) is 5.41 Å². The summed E-state index contributed by atoms with van der Waals surface area (Å²) >= 11 is 0. The van der Waals surface area contributed by atoms with Gasteiger partial charge in [0.15, 0.2) is 9.04 Å². The van der Waals surface area contributed by atoms with Crippen LogP contribution in [0.1, 0.15) is 26.3 Å². The van der Waals surface area contributed by atoms with Crippen molar-refractivity contribution in [2.75, 3.05) is 6.61 Å². The van der Waals surface area contributed by atoms with Crippen LogP contribution in [0.15, 0.2) is 30.3 Å². The van der Waals surface area contributed by atoms with Crippen LogP contribution in [0.3, 0.4) is 0 Å². The van der Waals surface area contributed by atoms with Crippen molar-refractivity contribution in [3.63, 3.8) is 0 Å². The van der Waals surface area contributed by atoms with Crippen molar-refractivity contribution in [1.29, 1.82) is 0 Å². The van der Waals surface area contributed by atoms with Gasteiger partial charge in [0.2, 0.25) is 0 Å². The zero-order chi connectivity index (χ0) is 13.1. The lowest BCUT2D eigenvalue weighted by Crippen LogP contribution is -2.48. The molecule has 1 unspecified atom stereocenters. The number of aliphatic hydroxyl groups excluding tert-OH is 1. The molecule has 1 aromatic carbocycles. The zero-order valence-corrected chi connectivity index (χ0v) is 12.7. The first-order valence-corrected chi connectivity index (χ1v) is 8.96. The molecule has 0 spiro atoms. The second kappa shape index (κ2) is 5.34. The SMILES string of the molecule is C[SiH](C)OC(CO)(c1ccccc1)C(C)(C)C. The van der Waals surface area contributed by atoms with Crippen LogP contribution in [0, 0.1) is 5.41 Å². The second-order valence-electron chi connectivity index (χ2n) is 5.77. The predicted molar refractivity (Wildman–Crippen MR) is 74.6 cm³/mol. The fraction of sp³-hybridized carbons (Fsp3) is 0.571. The molecule has 0 radical (unpaired) electrons. The van der Waals surface area contributed by atoms with Gasteiger partial charge in [-0.05, 0) is 24.1 Å². The lowest BCUT2D eigenvalue weighted by atomic mass is 9.73. The monoisotopic (exact) mass is 252 g/mol. The normalized spacial score (nSPS) is 15.9. The van der Waals surface area contributed by atoms with Gasteiger partial charge in [-0.1, -0.05) is 51.1 Å².